The Labute approximate surface area is 297 Å². The Morgan fingerprint density at radius 3 is 2.55 bits per heavy atom. The number of carbonyl (C=O) groups is 1. The molecule has 0 saturated heterocycles. The number of carbonyl (C=O) groups excluding carboxylic acids is 1. The van der Waals surface area contributed by atoms with Crippen molar-refractivity contribution in [3.8, 4) is 39.7 Å². The molecule has 8 rings (SSSR count). The van der Waals surface area contributed by atoms with E-state index in [4.69, 9.17) is 25.7 Å². The first-order valence-electron chi connectivity index (χ1n) is 15.8. The lowest BCUT2D eigenvalue weighted by Crippen LogP contribution is -2.28. The first-order valence-corrected chi connectivity index (χ1v) is 17.2. The number of hydrogen-bond donors (Lipinski definition) is 1. The van der Waals surface area contributed by atoms with Gasteiger partial charge < -0.3 is 27.9 Å². The van der Waals surface area contributed by atoms with Gasteiger partial charge in [-0.25, -0.2) is 13.8 Å². The van der Waals surface area contributed by atoms with Crippen molar-refractivity contribution in [1.82, 2.24) is 14.9 Å². The zero-order valence-corrected chi connectivity index (χ0v) is 28.4. The highest BCUT2D eigenvalue weighted by atomic mass is 35.5. The van der Waals surface area contributed by atoms with Crippen LogP contribution in [0.5, 0.6) is 5.75 Å². The molecule has 3 aromatic heterocycles. The summed E-state index contributed by atoms with van der Waals surface area (Å²) in [5.74, 6) is -0.650. The molecule has 4 aromatic carbocycles. The standard InChI is InChI=1S/C38H27ClF2N4O5S/c1-42-38(46)35-27-17-26(29-13-14-33-36(43-29)32-18-25-28(41)3-2-4-30(25)44(32)20-49-33)31(19-34(27)50-37(35)22-7-11-24(40)12-8-22)45(51(47)48)16-15-21-5-9-23(39)10-6-21/h2-14,17-19H,15-16,20H2,1H3,(H,42,46)(H,47,48)/p-1. The van der Waals surface area contributed by atoms with Gasteiger partial charge in [0.2, 0.25) is 0 Å². The van der Waals surface area contributed by atoms with Crippen LogP contribution in [-0.4, -0.2) is 37.8 Å². The molecular formula is C38H26ClF2N4O5S-. The fourth-order valence-electron chi connectivity index (χ4n) is 6.47. The van der Waals surface area contributed by atoms with Gasteiger partial charge in [0.25, 0.3) is 5.91 Å². The summed E-state index contributed by atoms with van der Waals surface area (Å²) in [6.07, 6.45) is 0.349. The van der Waals surface area contributed by atoms with Crippen LogP contribution in [0.3, 0.4) is 0 Å². The Bertz CT molecular complexity index is 2520. The third kappa shape index (κ3) is 5.80. The van der Waals surface area contributed by atoms with Crippen LogP contribution in [0.4, 0.5) is 14.5 Å². The minimum Gasteiger partial charge on any atom is -0.755 e. The van der Waals surface area contributed by atoms with Crippen molar-refractivity contribution in [3.63, 3.8) is 0 Å². The topological polar surface area (TPSA) is 113 Å². The summed E-state index contributed by atoms with van der Waals surface area (Å²) < 4.78 is 70.0. The molecule has 51 heavy (non-hydrogen) atoms. The number of ether oxygens (including phenoxy) is 1. The maximum atomic E-state index is 14.8. The van der Waals surface area contributed by atoms with Gasteiger partial charge in [-0.1, -0.05) is 29.8 Å². The van der Waals surface area contributed by atoms with E-state index < -0.39 is 23.0 Å². The fourth-order valence-corrected chi connectivity index (χ4v) is 7.15. The van der Waals surface area contributed by atoms with Gasteiger partial charge in [0, 0.05) is 57.8 Å². The van der Waals surface area contributed by atoms with Crippen molar-refractivity contribution >= 4 is 56.3 Å². The number of aromatic nitrogens is 2. The Balaban J connectivity index is 1.35. The lowest BCUT2D eigenvalue weighted by molar-refractivity contribution is 0.0964. The van der Waals surface area contributed by atoms with Gasteiger partial charge in [-0.3, -0.25) is 9.00 Å². The first kappa shape index (κ1) is 32.6. The van der Waals surface area contributed by atoms with E-state index >= 15 is 0 Å². The Morgan fingerprint density at radius 2 is 1.80 bits per heavy atom. The molecule has 0 bridgehead atoms. The van der Waals surface area contributed by atoms with Crippen LogP contribution < -0.4 is 14.4 Å². The molecule has 1 aliphatic heterocycles. The molecule has 9 nitrogen and oxygen atoms in total. The van der Waals surface area contributed by atoms with Gasteiger partial charge in [-0.15, -0.1) is 0 Å². The molecule has 0 aliphatic carbocycles. The summed E-state index contributed by atoms with van der Waals surface area (Å²) >= 11 is 3.31. The number of halogens is 3. The predicted molar refractivity (Wildman–Crippen MR) is 191 cm³/mol. The van der Waals surface area contributed by atoms with Gasteiger partial charge >= 0.3 is 0 Å². The summed E-state index contributed by atoms with van der Waals surface area (Å²) in [7, 11) is 1.48. The maximum absolute atomic E-state index is 14.8. The molecule has 1 atom stereocenters. The number of benzene rings is 4. The predicted octanol–water partition coefficient (Wildman–Crippen LogP) is 8.27. The fraction of sp³-hybridized carbons (Fsp3) is 0.105. The Hall–Kier alpha value is -5.56. The zero-order valence-electron chi connectivity index (χ0n) is 26.8. The highest BCUT2D eigenvalue weighted by Crippen LogP contribution is 2.44. The van der Waals surface area contributed by atoms with E-state index in [0.29, 0.717) is 61.7 Å². The summed E-state index contributed by atoms with van der Waals surface area (Å²) in [5, 5.41) is 4.00. The van der Waals surface area contributed by atoms with E-state index in [0.717, 1.165) is 5.56 Å². The lowest BCUT2D eigenvalue weighted by atomic mass is 10.00. The van der Waals surface area contributed by atoms with Crippen molar-refractivity contribution in [2.75, 3.05) is 17.9 Å². The minimum atomic E-state index is -2.76. The highest BCUT2D eigenvalue weighted by molar-refractivity contribution is 7.80. The average Bonchev–Trinajstić information content (AvgIpc) is 3.71. The van der Waals surface area contributed by atoms with Crippen molar-refractivity contribution in [2.45, 2.75) is 13.2 Å². The van der Waals surface area contributed by atoms with Gasteiger partial charge in [0.15, 0.2) is 6.73 Å². The van der Waals surface area contributed by atoms with Crippen LogP contribution in [0, 0.1) is 11.6 Å². The van der Waals surface area contributed by atoms with Crippen LogP contribution in [-0.2, 0) is 24.4 Å². The van der Waals surface area contributed by atoms with Crippen molar-refractivity contribution in [2.24, 2.45) is 0 Å². The van der Waals surface area contributed by atoms with E-state index in [9.17, 15) is 22.3 Å². The van der Waals surface area contributed by atoms with Crippen molar-refractivity contribution in [1.29, 1.82) is 0 Å². The number of rotatable bonds is 8. The van der Waals surface area contributed by atoms with E-state index in [-0.39, 0.29) is 41.7 Å². The second-order valence-electron chi connectivity index (χ2n) is 11.9. The van der Waals surface area contributed by atoms with Crippen LogP contribution >= 0.6 is 11.6 Å². The van der Waals surface area contributed by atoms with Crippen LogP contribution in [0.2, 0.25) is 5.02 Å². The SMILES string of the molecule is CNC(=O)c1c(-c2ccc(F)cc2)oc2cc(N(CCc3ccc(Cl)cc3)S(=O)[O-])c(-c3ccc4c(n3)-c3cc5c(F)cccc5n3CO4)cc12. The molecule has 0 fully saturated rings. The molecule has 4 heterocycles. The van der Waals surface area contributed by atoms with Gasteiger partial charge in [-0.2, -0.15) is 0 Å². The van der Waals surface area contributed by atoms with Gasteiger partial charge in [0.1, 0.15) is 34.4 Å². The Kier molecular flexibility index (Phi) is 8.29. The highest BCUT2D eigenvalue weighted by Gasteiger charge is 2.28. The molecule has 7 aromatic rings. The molecule has 0 saturated carbocycles. The molecular weight excluding hydrogens is 698 g/mol. The van der Waals surface area contributed by atoms with Gasteiger partial charge in [0.05, 0.1) is 28.2 Å². The lowest BCUT2D eigenvalue weighted by Gasteiger charge is -2.29. The minimum absolute atomic E-state index is 0.0473. The number of pyridine rings is 1. The average molecular weight is 724 g/mol. The number of anilines is 1. The maximum Gasteiger partial charge on any atom is 0.255 e. The number of nitrogens with one attached hydrogen (secondary N) is 1. The summed E-state index contributed by atoms with van der Waals surface area (Å²) in [6, 6.07) is 25.8. The second kappa shape index (κ2) is 13.0. The zero-order chi connectivity index (χ0) is 35.4. The molecule has 1 unspecified atom stereocenters. The third-order valence-corrected chi connectivity index (χ3v) is 9.94. The normalized spacial score (nSPS) is 12.7. The molecule has 13 heteroatoms. The quantitative estimate of drug-likeness (QED) is 0.158. The largest absolute Gasteiger partial charge is 0.755 e. The van der Waals surface area contributed by atoms with Crippen molar-refractivity contribution in [3.05, 3.63) is 125 Å². The number of hydrogen-bond acceptors (Lipinski definition) is 6. The number of nitrogens with zero attached hydrogens (tertiary/aromatic N) is 3. The van der Waals surface area contributed by atoms with E-state index in [1.165, 1.54) is 41.7 Å². The summed E-state index contributed by atoms with van der Waals surface area (Å²) in [6.45, 7) is 0.198. The van der Waals surface area contributed by atoms with Crippen LogP contribution in [0.15, 0.2) is 101 Å². The van der Waals surface area contributed by atoms with Crippen LogP contribution in [0.1, 0.15) is 15.9 Å². The molecule has 0 spiro atoms. The number of fused-ring (bicyclic) bond motifs is 6. The number of furan rings is 1. The first-order chi connectivity index (χ1) is 24.7. The number of amides is 1. The molecule has 256 valence electrons. The Morgan fingerprint density at radius 1 is 1.02 bits per heavy atom. The summed E-state index contributed by atoms with van der Waals surface area (Å²) in [5.41, 5.74) is 4.40. The monoisotopic (exact) mass is 723 g/mol. The summed E-state index contributed by atoms with van der Waals surface area (Å²) in [4.78, 5) is 18.4. The van der Waals surface area contributed by atoms with E-state index in [2.05, 4.69) is 5.32 Å². The third-order valence-electron chi connectivity index (χ3n) is 8.95. The molecule has 0 radical (unpaired) electrons. The van der Waals surface area contributed by atoms with Gasteiger partial charge in [-0.05, 0) is 84.8 Å². The van der Waals surface area contributed by atoms with Crippen molar-refractivity contribution < 1.29 is 31.5 Å². The molecule has 1 aliphatic rings. The van der Waals surface area contributed by atoms with E-state index in [1.54, 1.807) is 54.6 Å². The molecule has 1 N–H and O–H groups in total. The second-order valence-corrected chi connectivity index (χ2v) is 13.2. The van der Waals surface area contributed by atoms with Crippen LogP contribution in [0.25, 0.3) is 55.8 Å². The molecule has 1 amide bonds. The smallest absolute Gasteiger partial charge is 0.255 e. The van der Waals surface area contributed by atoms with E-state index in [1.807, 2.05) is 16.7 Å².